The lowest BCUT2D eigenvalue weighted by atomic mass is 10.2. The number of nitrogens with one attached hydrogen (secondary N) is 1. The van der Waals surface area contributed by atoms with Gasteiger partial charge in [-0.2, -0.15) is 0 Å². The Labute approximate surface area is 180 Å². The first-order chi connectivity index (χ1) is 14.0. The monoisotopic (exact) mass is 427 g/mol. The van der Waals surface area contributed by atoms with Gasteiger partial charge in [0.1, 0.15) is 17.9 Å². The zero-order valence-electron chi connectivity index (χ0n) is 18.8. The number of ether oxygens (including phenoxy) is 1. The van der Waals surface area contributed by atoms with Crippen LogP contribution in [0.15, 0.2) is 60.7 Å². The molecule has 162 valence electrons. The van der Waals surface area contributed by atoms with E-state index >= 15 is 0 Å². The van der Waals surface area contributed by atoms with Gasteiger partial charge in [0, 0.05) is 0 Å². The molecule has 1 atom stereocenters. The second-order valence-corrected chi connectivity index (χ2v) is 13.7. The molecule has 5 nitrogen and oxygen atoms in total. The first-order valence-corrected chi connectivity index (χ1v) is 12.1. The molecule has 1 amide bonds. The molecule has 1 unspecified atom stereocenters. The smallest absolute Gasteiger partial charge is 0.408 e. The molecular formula is C24H33NO4Si. The van der Waals surface area contributed by atoms with E-state index in [9.17, 15) is 9.59 Å². The molecule has 0 aliphatic carbocycles. The van der Waals surface area contributed by atoms with Crippen molar-refractivity contribution < 1.29 is 18.8 Å². The predicted molar refractivity (Wildman–Crippen MR) is 123 cm³/mol. The third-order valence-corrected chi connectivity index (χ3v) is 9.77. The number of rotatable bonds is 7. The number of benzene rings is 2. The standard InChI is InChI=1S/C24H33NO4Si/c1-23(2,3)29-22(27)25-19(17-26)18-28-30(24(4,5)6,20-13-9-7-10-14-20)21-15-11-8-12-16-21/h7-17,19H,18H2,1-6H3,(H,25,27). The van der Waals surface area contributed by atoms with Crippen molar-refractivity contribution in [1.82, 2.24) is 5.32 Å². The van der Waals surface area contributed by atoms with E-state index in [1.807, 2.05) is 36.4 Å². The number of aldehydes is 1. The lowest BCUT2D eigenvalue weighted by molar-refractivity contribution is -0.110. The summed E-state index contributed by atoms with van der Waals surface area (Å²) in [4.78, 5) is 23.9. The minimum atomic E-state index is -2.78. The molecule has 2 rings (SSSR count). The third kappa shape index (κ3) is 5.80. The molecule has 30 heavy (non-hydrogen) atoms. The molecule has 0 aliphatic heterocycles. The summed E-state index contributed by atoms with van der Waals surface area (Å²) < 4.78 is 12.0. The molecule has 0 spiro atoms. The number of amides is 1. The summed E-state index contributed by atoms with van der Waals surface area (Å²) in [5.74, 6) is 0. The maximum absolute atomic E-state index is 12.2. The van der Waals surface area contributed by atoms with E-state index in [-0.39, 0.29) is 11.6 Å². The Morgan fingerprint density at radius 2 is 1.40 bits per heavy atom. The third-order valence-electron chi connectivity index (χ3n) is 4.76. The van der Waals surface area contributed by atoms with Gasteiger partial charge in [0.05, 0.1) is 6.61 Å². The summed E-state index contributed by atoms with van der Waals surface area (Å²) in [7, 11) is -2.78. The summed E-state index contributed by atoms with van der Waals surface area (Å²) in [6.07, 6.45) is 0.0625. The summed E-state index contributed by atoms with van der Waals surface area (Å²) in [5.41, 5.74) is -0.642. The molecule has 0 aliphatic rings. The van der Waals surface area contributed by atoms with Gasteiger partial charge in [-0.05, 0) is 36.2 Å². The van der Waals surface area contributed by atoms with Crippen molar-refractivity contribution in [2.45, 2.75) is 58.2 Å². The number of alkyl carbamates (subject to hydrolysis) is 1. The second kappa shape index (κ2) is 9.58. The summed E-state index contributed by atoms with van der Waals surface area (Å²) >= 11 is 0. The van der Waals surface area contributed by atoms with Gasteiger partial charge in [0.15, 0.2) is 0 Å². The molecule has 0 fully saturated rings. The van der Waals surface area contributed by atoms with Gasteiger partial charge in [-0.1, -0.05) is 81.4 Å². The van der Waals surface area contributed by atoms with Crippen LogP contribution in [0.3, 0.4) is 0 Å². The Morgan fingerprint density at radius 3 is 1.77 bits per heavy atom. The van der Waals surface area contributed by atoms with E-state index < -0.39 is 26.1 Å². The fourth-order valence-electron chi connectivity index (χ4n) is 3.55. The Bertz CT molecular complexity index is 786. The van der Waals surface area contributed by atoms with Crippen LogP contribution in [0.25, 0.3) is 0 Å². The molecule has 0 radical (unpaired) electrons. The minimum Gasteiger partial charge on any atom is -0.444 e. The van der Waals surface area contributed by atoms with Crippen LogP contribution in [-0.4, -0.2) is 38.9 Å². The SMILES string of the molecule is CC(C)(C)OC(=O)NC(C=O)CO[Si](c1ccccc1)(c1ccccc1)C(C)(C)C. The zero-order valence-corrected chi connectivity index (χ0v) is 19.8. The average Bonchev–Trinajstić information content (AvgIpc) is 2.66. The molecule has 0 saturated carbocycles. The van der Waals surface area contributed by atoms with Gasteiger partial charge >= 0.3 is 6.09 Å². The van der Waals surface area contributed by atoms with Gasteiger partial charge < -0.3 is 19.3 Å². The molecule has 0 heterocycles. The van der Waals surface area contributed by atoms with Crippen LogP contribution in [0.4, 0.5) is 4.79 Å². The lowest BCUT2D eigenvalue weighted by Gasteiger charge is -2.43. The normalized spacial score (nSPS) is 13.4. The Balaban J connectivity index is 2.38. The van der Waals surface area contributed by atoms with Crippen molar-refractivity contribution in [1.29, 1.82) is 0 Å². The highest BCUT2D eigenvalue weighted by atomic mass is 28.4. The van der Waals surface area contributed by atoms with Crippen LogP contribution in [0.2, 0.25) is 5.04 Å². The predicted octanol–water partition coefficient (Wildman–Crippen LogP) is 3.66. The fourth-order valence-corrected chi connectivity index (χ4v) is 8.14. The first-order valence-electron chi connectivity index (χ1n) is 10.2. The van der Waals surface area contributed by atoms with Crippen molar-refractivity contribution in [2.75, 3.05) is 6.61 Å². The molecule has 1 N–H and O–H groups in total. The molecule has 6 heteroatoms. The van der Waals surface area contributed by atoms with Crippen LogP contribution in [0, 0.1) is 0 Å². The number of carbonyl (C=O) groups excluding carboxylic acids is 2. The topological polar surface area (TPSA) is 64.6 Å². The number of hydrogen-bond acceptors (Lipinski definition) is 4. The summed E-state index contributed by atoms with van der Waals surface area (Å²) in [5, 5.41) is 4.64. The van der Waals surface area contributed by atoms with Crippen molar-refractivity contribution in [3.05, 3.63) is 60.7 Å². The van der Waals surface area contributed by atoms with E-state index in [4.69, 9.17) is 9.16 Å². The molecule has 2 aromatic rings. The van der Waals surface area contributed by atoms with Gasteiger partial charge in [-0.3, -0.25) is 0 Å². The van der Waals surface area contributed by atoms with E-state index in [2.05, 4.69) is 50.4 Å². The highest BCUT2D eigenvalue weighted by Crippen LogP contribution is 2.36. The molecular weight excluding hydrogens is 394 g/mol. The van der Waals surface area contributed by atoms with Crippen LogP contribution in [0.1, 0.15) is 41.5 Å². The number of carbonyl (C=O) groups is 2. The Kier molecular flexibility index (Phi) is 7.61. The Morgan fingerprint density at radius 1 is 0.933 bits per heavy atom. The average molecular weight is 428 g/mol. The van der Waals surface area contributed by atoms with Gasteiger partial charge in [0.25, 0.3) is 8.32 Å². The fraction of sp³-hybridized carbons (Fsp3) is 0.417. The van der Waals surface area contributed by atoms with Gasteiger partial charge in [-0.25, -0.2) is 4.79 Å². The maximum atomic E-state index is 12.2. The maximum Gasteiger partial charge on any atom is 0.408 e. The first kappa shape index (κ1) is 23.8. The molecule has 0 aromatic heterocycles. The highest BCUT2D eigenvalue weighted by Gasteiger charge is 2.50. The second-order valence-electron chi connectivity index (χ2n) is 9.36. The minimum absolute atomic E-state index is 0.0655. The zero-order chi connectivity index (χ0) is 22.4. The largest absolute Gasteiger partial charge is 0.444 e. The highest BCUT2D eigenvalue weighted by molar-refractivity contribution is 6.99. The molecule has 0 saturated heterocycles. The van der Waals surface area contributed by atoms with Gasteiger partial charge in [0.2, 0.25) is 0 Å². The van der Waals surface area contributed by atoms with Crippen molar-refractivity contribution in [3.63, 3.8) is 0 Å². The van der Waals surface area contributed by atoms with Crippen LogP contribution < -0.4 is 15.7 Å². The van der Waals surface area contributed by atoms with Crippen molar-refractivity contribution in [3.8, 4) is 0 Å². The van der Waals surface area contributed by atoms with Crippen LogP contribution >= 0.6 is 0 Å². The van der Waals surface area contributed by atoms with Gasteiger partial charge in [-0.15, -0.1) is 0 Å². The lowest BCUT2D eigenvalue weighted by Crippen LogP contribution is -2.67. The molecule has 0 bridgehead atoms. The number of hydrogen-bond donors (Lipinski definition) is 1. The summed E-state index contributed by atoms with van der Waals surface area (Å²) in [6.45, 7) is 11.9. The van der Waals surface area contributed by atoms with Crippen LogP contribution in [-0.2, 0) is 14.0 Å². The van der Waals surface area contributed by atoms with E-state index in [0.29, 0.717) is 6.29 Å². The summed E-state index contributed by atoms with van der Waals surface area (Å²) in [6, 6.07) is 19.5. The van der Waals surface area contributed by atoms with Crippen molar-refractivity contribution >= 4 is 31.1 Å². The van der Waals surface area contributed by atoms with Crippen LogP contribution in [0.5, 0.6) is 0 Å². The van der Waals surface area contributed by atoms with Crippen molar-refractivity contribution in [2.24, 2.45) is 0 Å². The van der Waals surface area contributed by atoms with E-state index in [1.165, 1.54) is 0 Å². The molecule has 2 aromatic carbocycles. The van der Waals surface area contributed by atoms with E-state index in [0.717, 1.165) is 10.4 Å². The Hall–Kier alpha value is -2.44. The van der Waals surface area contributed by atoms with E-state index in [1.54, 1.807) is 20.8 Å². The quantitative estimate of drug-likeness (QED) is 0.541.